The van der Waals surface area contributed by atoms with Crippen LogP contribution in [0.4, 0.5) is 10.1 Å². The molecule has 0 fully saturated rings. The van der Waals surface area contributed by atoms with Crippen LogP contribution in [0, 0.1) is 5.82 Å². The molecule has 0 radical (unpaired) electrons. The van der Waals surface area contributed by atoms with Crippen LogP contribution in [-0.2, 0) is 11.3 Å². The molecule has 2 aromatic carbocycles. The van der Waals surface area contributed by atoms with E-state index in [4.69, 9.17) is 9.15 Å². The van der Waals surface area contributed by atoms with Crippen LogP contribution < -0.4 is 5.32 Å². The number of hydrogen-bond acceptors (Lipinski definition) is 5. The summed E-state index contributed by atoms with van der Waals surface area (Å²) >= 11 is 0. The third kappa shape index (κ3) is 4.36. The molecule has 6 heteroatoms. The van der Waals surface area contributed by atoms with Crippen molar-refractivity contribution in [3.05, 3.63) is 89.6 Å². The van der Waals surface area contributed by atoms with Crippen LogP contribution >= 0.6 is 0 Å². The Balaban J connectivity index is 1.62. The molecule has 0 atom stereocenters. The number of anilines is 1. The minimum absolute atomic E-state index is 0.281. The van der Waals surface area contributed by atoms with Crippen molar-refractivity contribution in [2.75, 3.05) is 11.9 Å². The van der Waals surface area contributed by atoms with Crippen molar-refractivity contribution in [3.8, 4) is 0 Å². The van der Waals surface area contributed by atoms with Crippen molar-refractivity contribution < 1.29 is 23.1 Å². The van der Waals surface area contributed by atoms with Gasteiger partial charge in [0.1, 0.15) is 11.6 Å². The van der Waals surface area contributed by atoms with Gasteiger partial charge in [0.15, 0.2) is 12.4 Å². The summed E-state index contributed by atoms with van der Waals surface area (Å²) in [6.45, 7) is -0.0111. The number of Topliss-reactive ketones (excluding diaryl/α,β-unsaturated/α-hetero) is 1. The number of esters is 1. The first kappa shape index (κ1) is 17.4. The Labute approximate surface area is 149 Å². The van der Waals surface area contributed by atoms with E-state index < -0.39 is 24.2 Å². The minimum Gasteiger partial charge on any atom is -0.467 e. The fourth-order valence-corrected chi connectivity index (χ4v) is 2.34. The van der Waals surface area contributed by atoms with Crippen LogP contribution in [0.1, 0.15) is 26.5 Å². The first-order valence-corrected chi connectivity index (χ1v) is 7.94. The van der Waals surface area contributed by atoms with Crippen LogP contribution in [0.3, 0.4) is 0 Å². The maximum Gasteiger partial charge on any atom is 0.340 e. The van der Waals surface area contributed by atoms with Crippen molar-refractivity contribution in [1.29, 1.82) is 0 Å². The topological polar surface area (TPSA) is 68.5 Å². The lowest BCUT2D eigenvalue weighted by atomic mass is 10.1. The second-order valence-electron chi connectivity index (χ2n) is 5.48. The maximum absolute atomic E-state index is 12.9. The lowest BCUT2D eigenvalue weighted by Gasteiger charge is -2.11. The number of para-hydroxylation sites is 1. The van der Waals surface area contributed by atoms with Gasteiger partial charge in [-0.2, -0.15) is 0 Å². The Hall–Kier alpha value is -3.41. The SMILES string of the molecule is O=C(COC(=O)c1ccccc1NCc1ccco1)c1ccc(F)cc1. The Morgan fingerprint density at radius 2 is 1.77 bits per heavy atom. The normalized spacial score (nSPS) is 10.3. The zero-order valence-corrected chi connectivity index (χ0v) is 13.8. The van der Waals surface area contributed by atoms with Crippen LogP contribution in [-0.4, -0.2) is 18.4 Å². The molecular formula is C20H16FNO4. The molecular weight excluding hydrogens is 337 g/mol. The highest BCUT2D eigenvalue weighted by atomic mass is 19.1. The number of ether oxygens (including phenoxy) is 1. The van der Waals surface area contributed by atoms with Crippen LogP contribution in [0.15, 0.2) is 71.3 Å². The zero-order chi connectivity index (χ0) is 18.4. The highest BCUT2D eigenvalue weighted by Crippen LogP contribution is 2.18. The number of nitrogens with one attached hydrogen (secondary N) is 1. The van der Waals surface area contributed by atoms with Gasteiger partial charge in [-0.3, -0.25) is 4.79 Å². The van der Waals surface area contributed by atoms with E-state index in [2.05, 4.69) is 5.32 Å². The fourth-order valence-electron chi connectivity index (χ4n) is 2.34. The lowest BCUT2D eigenvalue weighted by Crippen LogP contribution is -2.15. The van der Waals surface area contributed by atoms with Gasteiger partial charge in [-0.25, -0.2) is 9.18 Å². The molecule has 132 valence electrons. The van der Waals surface area contributed by atoms with E-state index in [1.807, 2.05) is 6.07 Å². The van der Waals surface area contributed by atoms with Crippen molar-refractivity contribution in [1.82, 2.24) is 0 Å². The van der Waals surface area contributed by atoms with E-state index in [0.29, 0.717) is 17.8 Å². The quantitative estimate of drug-likeness (QED) is 0.512. The second kappa shape index (κ2) is 8.11. The van der Waals surface area contributed by atoms with E-state index in [1.54, 1.807) is 36.6 Å². The first-order chi connectivity index (χ1) is 12.6. The van der Waals surface area contributed by atoms with Crippen LogP contribution in [0.25, 0.3) is 0 Å². The minimum atomic E-state index is -0.622. The molecule has 1 N–H and O–H groups in total. The molecule has 0 unspecified atom stereocenters. The summed E-state index contributed by atoms with van der Waals surface area (Å²) < 4.78 is 23.2. The molecule has 0 saturated carbocycles. The summed E-state index contributed by atoms with van der Waals surface area (Å²) in [7, 11) is 0. The molecule has 0 aliphatic carbocycles. The monoisotopic (exact) mass is 353 g/mol. The van der Waals surface area contributed by atoms with E-state index in [9.17, 15) is 14.0 Å². The van der Waals surface area contributed by atoms with Gasteiger partial charge >= 0.3 is 5.97 Å². The average molecular weight is 353 g/mol. The number of halogens is 1. The molecule has 3 rings (SSSR count). The molecule has 5 nitrogen and oxygen atoms in total. The highest BCUT2D eigenvalue weighted by molar-refractivity contribution is 6.00. The number of hydrogen-bond donors (Lipinski definition) is 1. The predicted octanol–water partition coefficient (Wildman–Crippen LogP) is 4.07. The molecule has 3 aromatic rings. The molecule has 0 aliphatic rings. The summed E-state index contributed by atoms with van der Waals surface area (Å²) in [4.78, 5) is 24.3. The number of carbonyl (C=O) groups is 2. The van der Waals surface area contributed by atoms with Crippen LogP contribution in [0.5, 0.6) is 0 Å². The molecule has 26 heavy (non-hydrogen) atoms. The number of rotatable bonds is 7. The number of benzene rings is 2. The molecule has 1 heterocycles. The third-order valence-corrected chi connectivity index (χ3v) is 3.68. The van der Waals surface area contributed by atoms with Gasteiger partial charge in [0, 0.05) is 11.3 Å². The Morgan fingerprint density at radius 1 is 1.00 bits per heavy atom. The summed E-state index contributed by atoms with van der Waals surface area (Å²) in [5.41, 5.74) is 1.16. The summed E-state index contributed by atoms with van der Waals surface area (Å²) in [6.07, 6.45) is 1.57. The van der Waals surface area contributed by atoms with Gasteiger partial charge in [-0.15, -0.1) is 0 Å². The highest BCUT2D eigenvalue weighted by Gasteiger charge is 2.15. The maximum atomic E-state index is 12.9. The zero-order valence-electron chi connectivity index (χ0n) is 13.8. The second-order valence-corrected chi connectivity index (χ2v) is 5.48. The molecule has 0 bridgehead atoms. The van der Waals surface area contributed by atoms with Crippen molar-refractivity contribution in [3.63, 3.8) is 0 Å². The van der Waals surface area contributed by atoms with Gasteiger partial charge < -0.3 is 14.5 Å². The number of carbonyl (C=O) groups excluding carboxylic acids is 2. The summed E-state index contributed by atoms with van der Waals surface area (Å²) in [5.74, 6) is -0.739. The lowest BCUT2D eigenvalue weighted by molar-refractivity contribution is 0.0475. The van der Waals surface area contributed by atoms with E-state index in [1.165, 1.54) is 24.3 Å². The van der Waals surface area contributed by atoms with Gasteiger partial charge in [0.05, 0.1) is 18.4 Å². The van der Waals surface area contributed by atoms with Gasteiger partial charge in [-0.05, 0) is 48.5 Å². The molecule has 0 aliphatic heterocycles. The summed E-state index contributed by atoms with van der Waals surface area (Å²) in [6, 6.07) is 15.5. The largest absolute Gasteiger partial charge is 0.467 e. The van der Waals surface area contributed by atoms with E-state index in [0.717, 1.165) is 5.76 Å². The van der Waals surface area contributed by atoms with E-state index in [-0.39, 0.29) is 5.56 Å². The fraction of sp³-hybridized carbons (Fsp3) is 0.100. The third-order valence-electron chi connectivity index (χ3n) is 3.68. The van der Waals surface area contributed by atoms with Gasteiger partial charge in [0.25, 0.3) is 0 Å². The molecule has 0 spiro atoms. The molecule has 1 aromatic heterocycles. The van der Waals surface area contributed by atoms with Crippen LogP contribution in [0.2, 0.25) is 0 Å². The first-order valence-electron chi connectivity index (χ1n) is 7.94. The summed E-state index contributed by atoms with van der Waals surface area (Å²) in [5, 5.41) is 3.10. The van der Waals surface area contributed by atoms with Crippen molar-refractivity contribution >= 4 is 17.4 Å². The van der Waals surface area contributed by atoms with Crippen molar-refractivity contribution in [2.45, 2.75) is 6.54 Å². The number of ketones is 1. The van der Waals surface area contributed by atoms with Crippen molar-refractivity contribution in [2.24, 2.45) is 0 Å². The Morgan fingerprint density at radius 3 is 2.50 bits per heavy atom. The molecule has 0 saturated heterocycles. The standard InChI is InChI=1S/C20H16FNO4/c21-15-9-7-14(8-10-15)19(23)13-26-20(24)17-5-1-2-6-18(17)22-12-16-4-3-11-25-16/h1-11,22H,12-13H2. The Kier molecular flexibility index (Phi) is 5.43. The van der Waals surface area contributed by atoms with Gasteiger partial charge in [-0.1, -0.05) is 12.1 Å². The Bertz CT molecular complexity index is 888. The van der Waals surface area contributed by atoms with Gasteiger partial charge in [0.2, 0.25) is 0 Å². The smallest absolute Gasteiger partial charge is 0.340 e. The number of furan rings is 1. The average Bonchev–Trinajstić information content (AvgIpc) is 3.18. The molecule has 0 amide bonds. The van der Waals surface area contributed by atoms with E-state index >= 15 is 0 Å². The predicted molar refractivity (Wildman–Crippen MR) is 93.5 cm³/mol.